The van der Waals surface area contributed by atoms with Crippen LogP contribution in [0, 0.1) is 0 Å². The number of hydrogen-bond donors (Lipinski definition) is 0. The zero-order chi connectivity index (χ0) is 11.9. The van der Waals surface area contributed by atoms with Crippen molar-refractivity contribution >= 4 is 27.3 Å². The molecule has 7 heteroatoms. The molecule has 0 aliphatic rings. The van der Waals surface area contributed by atoms with Gasteiger partial charge in [0.05, 0.1) is 15.0 Å². The van der Waals surface area contributed by atoms with E-state index in [4.69, 9.17) is 0 Å². The summed E-state index contributed by atoms with van der Waals surface area (Å²) >= 11 is 4.33. The van der Waals surface area contributed by atoms with Crippen LogP contribution in [-0.4, -0.2) is 9.78 Å². The molecule has 0 radical (unpaired) electrons. The highest BCUT2D eigenvalue weighted by atomic mass is 79.9. The predicted octanol–water partition coefficient (Wildman–Crippen LogP) is 3.93. The summed E-state index contributed by atoms with van der Waals surface area (Å²) in [7, 11) is 1.50. The second-order valence-electron chi connectivity index (χ2n) is 3.11. The second kappa shape index (κ2) is 3.89. The topological polar surface area (TPSA) is 17.8 Å². The van der Waals surface area contributed by atoms with Gasteiger partial charge >= 0.3 is 6.18 Å². The van der Waals surface area contributed by atoms with Gasteiger partial charge in [-0.25, -0.2) is 0 Å². The number of aromatic nitrogens is 2. The predicted molar refractivity (Wildman–Crippen MR) is 59.2 cm³/mol. The van der Waals surface area contributed by atoms with E-state index in [0.29, 0.717) is 5.69 Å². The minimum absolute atomic E-state index is 0.00931. The minimum atomic E-state index is -4.44. The van der Waals surface area contributed by atoms with Crippen LogP contribution in [0.5, 0.6) is 0 Å². The van der Waals surface area contributed by atoms with E-state index in [0.717, 1.165) is 4.88 Å². The van der Waals surface area contributed by atoms with Crippen molar-refractivity contribution in [2.45, 2.75) is 6.18 Å². The van der Waals surface area contributed by atoms with Crippen molar-refractivity contribution in [2.24, 2.45) is 7.05 Å². The molecule has 0 saturated carbocycles. The fourth-order valence-corrected chi connectivity index (χ4v) is 3.07. The lowest BCUT2D eigenvalue weighted by atomic mass is 10.3. The van der Waals surface area contributed by atoms with Gasteiger partial charge in [-0.15, -0.1) is 11.3 Å². The van der Waals surface area contributed by atoms with E-state index in [9.17, 15) is 13.2 Å². The molecular weight excluding hydrogens is 305 g/mol. The molecule has 86 valence electrons. The Bertz CT molecular complexity index is 502. The zero-order valence-electron chi connectivity index (χ0n) is 8.05. The third kappa shape index (κ3) is 1.89. The number of hydrogen-bond acceptors (Lipinski definition) is 2. The molecule has 0 bridgehead atoms. The molecular formula is C9H6BrF3N2S. The van der Waals surface area contributed by atoms with Crippen LogP contribution in [0.3, 0.4) is 0 Å². The summed E-state index contributed by atoms with van der Waals surface area (Å²) in [6.45, 7) is 0. The summed E-state index contributed by atoms with van der Waals surface area (Å²) in [4.78, 5) is 0.748. The summed E-state index contributed by atoms with van der Waals surface area (Å²) < 4.78 is 39.0. The molecule has 16 heavy (non-hydrogen) atoms. The average Bonchev–Trinajstić information content (AvgIpc) is 2.72. The van der Waals surface area contributed by atoms with Crippen LogP contribution in [0.4, 0.5) is 13.2 Å². The molecule has 0 aliphatic heterocycles. The molecule has 2 nitrogen and oxygen atoms in total. The summed E-state index contributed by atoms with van der Waals surface area (Å²) in [5, 5.41) is 5.30. The van der Waals surface area contributed by atoms with Gasteiger partial charge in [-0.2, -0.15) is 18.3 Å². The summed E-state index contributed by atoms with van der Waals surface area (Å²) in [5.74, 6) is 0. The molecule has 0 aliphatic carbocycles. The maximum Gasteiger partial charge on any atom is 0.436 e. The highest BCUT2D eigenvalue weighted by molar-refractivity contribution is 9.10. The number of halogens is 4. The molecule has 0 atom stereocenters. The van der Waals surface area contributed by atoms with E-state index < -0.39 is 11.9 Å². The van der Waals surface area contributed by atoms with Crippen molar-refractivity contribution < 1.29 is 13.2 Å². The Labute approximate surface area is 102 Å². The Balaban J connectivity index is 2.61. The van der Waals surface area contributed by atoms with Crippen molar-refractivity contribution in [3.63, 3.8) is 0 Å². The van der Waals surface area contributed by atoms with Crippen LogP contribution in [-0.2, 0) is 13.2 Å². The average molecular weight is 311 g/mol. The van der Waals surface area contributed by atoms with Gasteiger partial charge in [0.25, 0.3) is 0 Å². The molecule has 2 aromatic heterocycles. The lowest BCUT2D eigenvalue weighted by Crippen LogP contribution is -2.07. The van der Waals surface area contributed by atoms with Crippen LogP contribution in [0.25, 0.3) is 10.6 Å². The van der Waals surface area contributed by atoms with Gasteiger partial charge in [0, 0.05) is 7.05 Å². The number of aryl methyl sites for hydroxylation is 1. The maximum atomic E-state index is 12.6. The molecule has 0 N–H and O–H groups in total. The first-order valence-electron chi connectivity index (χ1n) is 4.25. The van der Waals surface area contributed by atoms with Gasteiger partial charge in [-0.3, -0.25) is 4.68 Å². The Morgan fingerprint density at radius 3 is 2.56 bits per heavy atom. The lowest BCUT2D eigenvalue weighted by molar-refractivity contribution is -0.142. The fourth-order valence-electron chi connectivity index (χ4n) is 1.36. The number of thiophene rings is 1. The van der Waals surface area contributed by atoms with Crippen molar-refractivity contribution in [1.82, 2.24) is 9.78 Å². The summed E-state index contributed by atoms with van der Waals surface area (Å²) in [5.41, 5.74) is -0.444. The van der Waals surface area contributed by atoms with Gasteiger partial charge in [0.1, 0.15) is 0 Å². The smallest absolute Gasteiger partial charge is 0.265 e. The molecule has 0 unspecified atom stereocenters. The van der Waals surface area contributed by atoms with Gasteiger partial charge in [0.2, 0.25) is 0 Å². The highest BCUT2D eigenvalue weighted by Crippen LogP contribution is 2.40. The molecule has 0 amide bonds. The first kappa shape index (κ1) is 11.7. The third-order valence-electron chi connectivity index (χ3n) is 2.01. The largest absolute Gasteiger partial charge is 0.436 e. The number of nitrogens with zero attached hydrogens (tertiary/aromatic N) is 2. The lowest BCUT2D eigenvalue weighted by Gasteiger charge is -2.01. The SMILES string of the molecule is Cn1nc(C(F)(F)F)c(Br)c1-c1cccs1. The number of rotatable bonds is 1. The first-order valence-corrected chi connectivity index (χ1v) is 5.92. The van der Waals surface area contributed by atoms with Crippen molar-refractivity contribution in [2.75, 3.05) is 0 Å². The van der Waals surface area contributed by atoms with Crippen LogP contribution >= 0.6 is 27.3 Å². The minimum Gasteiger partial charge on any atom is -0.265 e. The van der Waals surface area contributed by atoms with E-state index >= 15 is 0 Å². The molecule has 0 saturated heterocycles. The van der Waals surface area contributed by atoms with Crippen LogP contribution in [0.2, 0.25) is 0 Å². The highest BCUT2D eigenvalue weighted by Gasteiger charge is 2.38. The van der Waals surface area contributed by atoms with Gasteiger partial charge in [0.15, 0.2) is 5.69 Å². The van der Waals surface area contributed by atoms with Gasteiger partial charge in [-0.1, -0.05) is 6.07 Å². The summed E-state index contributed by atoms with van der Waals surface area (Å²) in [6, 6.07) is 3.54. The standard InChI is InChI=1S/C9H6BrF3N2S/c1-15-7(5-3-2-4-16-5)6(10)8(14-15)9(11,12)13/h2-4H,1H3. The third-order valence-corrected chi connectivity index (χ3v) is 3.64. The van der Waals surface area contributed by atoms with Gasteiger partial charge in [-0.05, 0) is 27.4 Å². The van der Waals surface area contributed by atoms with E-state index in [-0.39, 0.29) is 4.47 Å². The van der Waals surface area contributed by atoms with Crippen LogP contribution in [0.1, 0.15) is 5.69 Å². The maximum absolute atomic E-state index is 12.6. The van der Waals surface area contributed by atoms with Crippen LogP contribution in [0.15, 0.2) is 22.0 Å². The molecule has 2 aromatic rings. The van der Waals surface area contributed by atoms with Gasteiger partial charge < -0.3 is 0 Å². The first-order chi connectivity index (χ1) is 7.41. The van der Waals surface area contributed by atoms with E-state index in [2.05, 4.69) is 21.0 Å². The molecule has 0 aromatic carbocycles. The Hall–Kier alpha value is -0.820. The fraction of sp³-hybridized carbons (Fsp3) is 0.222. The van der Waals surface area contributed by atoms with E-state index in [1.54, 1.807) is 12.1 Å². The molecule has 2 heterocycles. The molecule has 2 rings (SSSR count). The van der Waals surface area contributed by atoms with E-state index in [1.165, 1.54) is 23.1 Å². The summed E-state index contributed by atoms with van der Waals surface area (Å²) in [6.07, 6.45) is -4.44. The molecule has 0 spiro atoms. The quantitative estimate of drug-likeness (QED) is 0.780. The Kier molecular flexibility index (Phi) is 2.83. The monoisotopic (exact) mass is 310 g/mol. The molecule has 0 fully saturated rings. The van der Waals surface area contributed by atoms with Crippen molar-refractivity contribution in [1.29, 1.82) is 0 Å². The number of alkyl halides is 3. The van der Waals surface area contributed by atoms with Crippen molar-refractivity contribution in [3.8, 4) is 10.6 Å². The normalized spacial score (nSPS) is 12.1. The van der Waals surface area contributed by atoms with Crippen molar-refractivity contribution in [3.05, 3.63) is 27.7 Å². The van der Waals surface area contributed by atoms with E-state index in [1.807, 2.05) is 5.38 Å². The Morgan fingerprint density at radius 2 is 2.12 bits per heavy atom. The Morgan fingerprint density at radius 1 is 1.44 bits per heavy atom. The zero-order valence-corrected chi connectivity index (χ0v) is 10.4. The second-order valence-corrected chi connectivity index (χ2v) is 4.85. The van der Waals surface area contributed by atoms with Crippen LogP contribution < -0.4 is 0 Å².